The van der Waals surface area contributed by atoms with Gasteiger partial charge < -0.3 is 4.42 Å². The van der Waals surface area contributed by atoms with E-state index in [1.165, 1.54) is 0 Å². The van der Waals surface area contributed by atoms with Gasteiger partial charge in [0.2, 0.25) is 5.22 Å². The van der Waals surface area contributed by atoms with Gasteiger partial charge >= 0.3 is 0 Å². The summed E-state index contributed by atoms with van der Waals surface area (Å²) in [4.78, 5) is 4.08. The molecule has 0 aromatic carbocycles. The molecule has 0 bridgehead atoms. The monoisotopic (exact) mass is 231 g/mol. The Balaban J connectivity index is 2.92. The van der Waals surface area contributed by atoms with Crippen LogP contribution in [0.3, 0.4) is 0 Å². The summed E-state index contributed by atoms with van der Waals surface area (Å²) in [7, 11) is 0. The molecular formula is C7H3BrClNO. The van der Waals surface area contributed by atoms with Crippen molar-refractivity contribution < 1.29 is 4.42 Å². The molecular weight excluding hydrogens is 229 g/mol. The summed E-state index contributed by atoms with van der Waals surface area (Å²) in [5.41, 5.74) is 1.46. The maximum Gasteiger partial charge on any atom is 0.210 e. The van der Waals surface area contributed by atoms with Crippen LogP contribution in [0.4, 0.5) is 0 Å². The molecule has 0 fully saturated rings. The van der Waals surface area contributed by atoms with E-state index in [1.807, 2.05) is 6.07 Å². The fourth-order valence-electron chi connectivity index (χ4n) is 0.872. The van der Waals surface area contributed by atoms with E-state index in [0.717, 1.165) is 9.99 Å². The Labute approximate surface area is 76.3 Å². The summed E-state index contributed by atoms with van der Waals surface area (Å²) in [5, 5.41) is 0.346. The number of aromatic nitrogens is 1. The average Bonchev–Trinajstić information content (AvgIpc) is 2.30. The van der Waals surface area contributed by atoms with Gasteiger partial charge in [-0.1, -0.05) is 0 Å². The molecule has 0 N–H and O–H groups in total. The summed E-state index contributed by atoms with van der Waals surface area (Å²) in [6, 6.07) is 3.62. The largest absolute Gasteiger partial charge is 0.442 e. The van der Waals surface area contributed by atoms with Gasteiger partial charge in [-0.3, -0.25) is 4.98 Å². The highest BCUT2D eigenvalue weighted by atomic mass is 79.9. The number of hydrogen-bond acceptors (Lipinski definition) is 2. The first-order valence-corrected chi connectivity index (χ1v) is 4.14. The number of rotatable bonds is 0. The van der Waals surface area contributed by atoms with Gasteiger partial charge in [-0.2, -0.15) is 0 Å². The molecule has 2 heterocycles. The molecule has 0 unspecified atom stereocenters. The quantitative estimate of drug-likeness (QED) is 0.697. The lowest BCUT2D eigenvalue weighted by atomic mass is 10.4. The van der Waals surface area contributed by atoms with Crippen LogP contribution in [0, 0.1) is 0 Å². The number of furan rings is 1. The number of nitrogens with zero attached hydrogens (tertiary/aromatic N) is 1. The molecule has 11 heavy (non-hydrogen) atoms. The molecule has 0 atom stereocenters. The average molecular weight is 232 g/mol. The van der Waals surface area contributed by atoms with Gasteiger partial charge in [0.05, 0.1) is 0 Å². The third-order valence-electron chi connectivity index (χ3n) is 1.35. The van der Waals surface area contributed by atoms with Crippen LogP contribution in [-0.4, -0.2) is 4.98 Å². The topological polar surface area (TPSA) is 26.0 Å². The second-order valence-electron chi connectivity index (χ2n) is 2.04. The maximum atomic E-state index is 5.70. The molecule has 2 nitrogen and oxygen atoms in total. The van der Waals surface area contributed by atoms with Crippen molar-refractivity contribution in [1.82, 2.24) is 4.98 Å². The van der Waals surface area contributed by atoms with Gasteiger partial charge in [-0.25, -0.2) is 0 Å². The molecule has 2 aromatic rings. The van der Waals surface area contributed by atoms with Crippen molar-refractivity contribution >= 4 is 38.6 Å². The van der Waals surface area contributed by atoms with Crippen LogP contribution in [0.2, 0.25) is 5.22 Å². The van der Waals surface area contributed by atoms with E-state index in [1.54, 1.807) is 12.3 Å². The third-order valence-corrected chi connectivity index (χ3v) is 2.58. The van der Waals surface area contributed by atoms with Crippen molar-refractivity contribution in [2.24, 2.45) is 0 Å². The van der Waals surface area contributed by atoms with Crippen molar-refractivity contribution in [2.75, 3.05) is 0 Å². The van der Waals surface area contributed by atoms with E-state index in [4.69, 9.17) is 16.0 Å². The van der Waals surface area contributed by atoms with Gasteiger partial charge in [0.25, 0.3) is 0 Å². The Morgan fingerprint density at radius 2 is 2.36 bits per heavy atom. The molecule has 56 valence electrons. The van der Waals surface area contributed by atoms with Crippen LogP contribution >= 0.6 is 27.5 Å². The predicted molar refractivity (Wildman–Crippen MR) is 46.7 cm³/mol. The number of hydrogen-bond donors (Lipinski definition) is 0. The molecule has 4 heteroatoms. The van der Waals surface area contributed by atoms with Crippen molar-refractivity contribution in [3.8, 4) is 0 Å². The van der Waals surface area contributed by atoms with Crippen LogP contribution < -0.4 is 0 Å². The second kappa shape index (κ2) is 2.50. The fraction of sp³-hybridized carbons (Fsp3) is 0. The highest BCUT2D eigenvalue weighted by Crippen LogP contribution is 2.32. The van der Waals surface area contributed by atoms with Gasteiger partial charge in [0.15, 0.2) is 5.58 Å². The third kappa shape index (κ3) is 1.04. The van der Waals surface area contributed by atoms with Gasteiger partial charge in [-0.15, -0.1) is 0 Å². The van der Waals surface area contributed by atoms with Gasteiger partial charge in [0, 0.05) is 6.20 Å². The zero-order valence-electron chi connectivity index (χ0n) is 5.34. The lowest BCUT2D eigenvalue weighted by Crippen LogP contribution is -1.69. The minimum atomic E-state index is 0.346. The van der Waals surface area contributed by atoms with Gasteiger partial charge in [-0.05, 0) is 39.7 Å². The molecule has 0 spiro atoms. The Kier molecular flexibility index (Phi) is 1.62. The Morgan fingerprint density at radius 3 is 3.09 bits per heavy atom. The summed E-state index contributed by atoms with van der Waals surface area (Å²) < 4.78 is 5.87. The van der Waals surface area contributed by atoms with E-state index in [2.05, 4.69) is 20.9 Å². The lowest BCUT2D eigenvalue weighted by molar-refractivity contribution is 0.615. The van der Waals surface area contributed by atoms with Crippen LogP contribution in [0.25, 0.3) is 11.1 Å². The van der Waals surface area contributed by atoms with Crippen LogP contribution in [0.1, 0.15) is 0 Å². The molecule has 0 saturated carbocycles. The van der Waals surface area contributed by atoms with E-state index in [-0.39, 0.29) is 0 Å². The molecule has 0 saturated heterocycles. The van der Waals surface area contributed by atoms with Crippen molar-refractivity contribution in [1.29, 1.82) is 0 Å². The lowest BCUT2D eigenvalue weighted by Gasteiger charge is -1.82. The van der Waals surface area contributed by atoms with E-state index < -0.39 is 0 Å². The Hall–Kier alpha value is -0.540. The number of fused-ring (bicyclic) bond motifs is 1. The number of pyridine rings is 1. The highest BCUT2D eigenvalue weighted by Gasteiger charge is 2.08. The Bertz CT molecular complexity index is 398. The highest BCUT2D eigenvalue weighted by molar-refractivity contribution is 9.10. The first-order valence-electron chi connectivity index (χ1n) is 2.97. The number of halogens is 2. The van der Waals surface area contributed by atoms with Crippen LogP contribution in [-0.2, 0) is 0 Å². The predicted octanol–water partition coefficient (Wildman–Crippen LogP) is 3.24. The van der Waals surface area contributed by atoms with Crippen molar-refractivity contribution in [3.63, 3.8) is 0 Å². The molecule has 0 radical (unpaired) electrons. The van der Waals surface area contributed by atoms with Crippen molar-refractivity contribution in [3.05, 3.63) is 28.0 Å². The maximum absolute atomic E-state index is 5.70. The summed E-state index contributed by atoms with van der Waals surface area (Å²) in [6.45, 7) is 0. The summed E-state index contributed by atoms with van der Waals surface area (Å²) in [6.07, 6.45) is 1.69. The first kappa shape index (κ1) is 7.13. The molecule has 0 amide bonds. The smallest absolute Gasteiger partial charge is 0.210 e. The molecule has 0 aliphatic heterocycles. The fourth-order valence-corrected chi connectivity index (χ4v) is 1.42. The minimum Gasteiger partial charge on any atom is -0.442 e. The Morgan fingerprint density at radius 1 is 1.55 bits per heavy atom. The normalized spacial score (nSPS) is 10.7. The zero-order chi connectivity index (χ0) is 7.84. The summed E-state index contributed by atoms with van der Waals surface area (Å²) in [5.74, 6) is 0. The second-order valence-corrected chi connectivity index (χ2v) is 3.18. The van der Waals surface area contributed by atoms with E-state index >= 15 is 0 Å². The van der Waals surface area contributed by atoms with E-state index in [9.17, 15) is 0 Å². The van der Waals surface area contributed by atoms with Crippen LogP contribution in [0.5, 0.6) is 0 Å². The van der Waals surface area contributed by atoms with E-state index in [0.29, 0.717) is 10.8 Å². The SMILES string of the molecule is Clc1oc2cccnc2c1Br. The molecule has 0 aliphatic rings. The molecule has 2 aromatic heterocycles. The standard InChI is InChI=1S/C7H3BrClNO/c8-5-6-4(11-7(5)9)2-1-3-10-6/h1-3H. The zero-order valence-corrected chi connectivity index (χ0v) is 7.69. The summed E-state index contributed by atoms with van der Waals surface area (Å²) >= 11 is 8.96. The van der Waals surface area contributed by atoms with Crippen LogP contribution in [0.15, 0.2) is 27.2 Å². The molecule has 2 rings (SSSR count). The first-order chi connectivity index (χ1) is 5.29. The van der Waals surface area contributed by atoms with Crippen molar-refractivity contribution in [2.45, 2.75) is 0 Å². The molecule has 0 aliphatic carbocycles. The minimum absolute atomic E-state index is 0.346. The van der Waals surface area contributed by atoms with Gasteiger partial charge in [0.1, 0.15) is 9.99 Å².